The maximum absolute atomic E-state index is 5.94. The molecule has 138 valence electrons. The van der Waals surface area contributed by atoms with Crippen molar-refractivity contribution in [3.8, 4) is 11.5 Å². The van der Waals surface area contributed by atoms with E-state index in [1.807, 2.05) is 24.3 Å². The quantitative estimate of drug-likeness (QED) is 0.407. The second-order valence-electron chi connectivity index (χ2n) is 6.52. The molecule has 6 nitrogen and oxygen atoms in total. The van der Waals surface area contributed by atoms with Gasteiger partial charge in [0, 0.05) is 26.3 Å². The van der Waals surface area contributed by atoms with Crippen molar-refractivity contribution in [2.45, 2.75) is 32.3 Å². The molecule has 1 unspecified atom stereocenters. The molecule has 2 aliphatic rings. The fraction of sp³-hybridized carbons (Fsp3) is 0.632. The van der Waals surface area contributed by atoms with Gasteiger partial charge in [-0.3, -0.25) is 0 Å². The number of rotatable bonds is 9. The van der Waals surface area contributed by atoms with Crippen molar-refractivity contribution in [1.29, 1.82) is 0 Å². The van der Waals surface area contributed by atoms with Crippen molar-refractivity contribution in [1.82, 2.24) is 10.6 Å². The van der Waals surface area contributed by atoms with E-state index in [1.165, 1.54) is 12.8 Å². The standard InChI is InChI=1S/C19H29N3O3/c1-2-20-19(21-10-5-11-23-13-15-8-9-15)22-12-16-14-24-17-6-3-4-7-18(17)25-16/h3-4,6-7,15-16H,2,5,8-14H2,1H3,(H2,20,21,22). The molecule has 1 aliphatic heterocycles. The molecule has 0 aromatic heterocycles. The summed E-state index contributed by atoms with van der Waals surface area (Å²) in [6, 6.07) is 7.75. The van der Waals surface area contributed by atoms with Gasteiger partial charge in [0.25, 0.3) is 0 Å². The first kappa shape index (κ1) is 17.9. The van der Waals surface area contributed by atoms with Gasteiger partial charge < -0.3 is 24.8 Å². The van der Waals surface area contributed by atoms with Crippen molar-refractivity contribution in [2.75, 3.05) is 39.5 Å². The molecular formula is C19H29N3O3. The highest BCUT2D eigenvalue weighted by Crippen LogP contribution is 2.30. The molecule has 0 radical (unpaired) electrons. The zero-order valence-corrected chi connectivity index (χ0v) is 15.0. The van der Waals surface area contributed by atoms with E-state index in [0.717, 1.165) is 56.1 Å². The van der Waals surface area contributed by atoms with Crippen molar-refractivity contribution < 1.29 is 14.2 Å². The van der Waals surface area contributed by atoms with Gasteiger partial charge in [-0.05, 0) is 44.2 Å². The zero-order chi connectivity index (χ0) is 17.3. The second-order valence-corrected chi connectivity index (χ2v) is 6.52. The first-order valence-electron chi connectivity index (χ1n) is 9.33. The molecule has 1 aliphatic carbocycles. The smallest absolute Gasteiger partial charge is 0.191 e. The Morgan fingerprint density at radius 1 is 1.24 bits per heavy atom. The Bertz CT molecular complexity index is 561. The maximum atomic E-state index is 5.94. The normalized spacial score (nSPS) is 19.6. The van der Waals surface area contributed by atoms with Crippen molar-refractivity contribution in [3.63, 3.8) is 0 Å². The van der Waals surface area contributed by atoms with Crippen LogP contribution in [0.2, 0.25) is 0 Å². The first-order chi connectivity index (χ1) is 12.3. The van der Waals surface area contributed by atoms with E-state index < -0.39 is 0 Å². The van der Waals surface area contributed by atoms with E-state index in [-0.39, 0.29) is 6.10 Å². The number of benzene rings is 1. The Morgan fingerprint density at radius 2 is 2.08 bits per heavy atom. The van der Waals surface area contributed by atoms with Gasteiger partial charge in [-0.25, -0.2) is 4.99 Å². The number of para-hydroxylation sites is 2. The van der Waals surface area contributed by atoms with Crippen LogP contribution in [0, 0.1) is 5.92 Å². The van der Waals surface area contributed by atoms with Gasteiger partial charge in [-0.2, -0.15) is 0 Å². The number of hydrogen-bond donors (Lipinski definition) is 2. The van der Waals surface area contributed by atoms with Crippen LogP contribution in [0.25, 0.3) is 0 Å². The monoisotopic (exact) mass is 347 g/mol. The van der Waals surface area contributed by atoms with Crippen LogP contribution in [0.4, 0.5) is 0 Å². The Hall–Kier alpha value is -1.95. The third-order valence-electron chi connectivity index (χ3n) is 4.17. The molecule has 1 fully saturated rings. The lowest BCUT2D eigenvalue weighted by Crippen LogP contribution is -2.40. The predicted molar refractivity (Wildman–Crippen MR) is 98.5 cm³/mol. The molecule has 1 heterocycles. The highest BCUT2D eigenvalue weighted by molar-refractivity contribution is 5.79. The largest absolute Gasteiger partial charge is 0.486 e. The van der Waals surface area contributed by atoms with Crippen LogP contribution >= 0.6 is 0 Å². The van der Waals surface area contributed by atoms with Gasteiger partial charge in [-0.1, -0.05) is 12.1 Å². The van der Waals surface area contributed by atoms with E-state index in [2.05, 4.69) is 22.5 Å². The third-order valence-corrected chi connectivity index (χ3v) is 4.17. The molecule has 0 spiro atoms. The first-order valence-corrected chi connectivity index (χ1v) is 9.33. The molecule has 2 N–H and O–H groups in total. The fourth-order valence-corrected chi connectivity index (χ4v) is 2.60. The van der Waals surface area contributed by atoms with E-state index >= 15 is 0 Å². The summed E-state index contributed by atoms with van der Waals surface area (Å²) in [6.45, 7) is 6.55. The summed E-state index contributed by atoms with van der Waals surface area (Å²) in [5.41, 5.74) is 0. The number of aliphatic imine (C=N–C) groups is 1. The molecule has 1 aromatic carbocycles. The molecule has 25 heavy (non-hydrogen) atoms. The number of nitrogens with zero attached hydrogens (tertiary/aromatic N) is 1. The summed E-state index contributed by atoms with van der Waals surface area (Å²) < 4.78 is 17.3. The van der Waals surface area contributed by atoms with Crippen molar-refractivity contribution in [2.24, 2.45) is 10.9 Å². The lowest BCUT2D eigenvalue weighted by molar-refractivity contribution is 0.0971. The summed E-state index contributed by atoms with van der Waals surface area (Å²) in [5.74, 6) is 3.24. The zero-order valence-electron chi connectivity index (χ0n) is 15.0. The lowest BCUT2D eigenvalue weighted by Gasteiger charge is -2.25. The van der Waals surface area contributed by atoms with Gasteiger partial charge >= 0.3 is 0 Å². The number of ether oxygens (including phenoxy) is 3. The molecule has 1 atom stereocenters. The number of fused-ring (bicyclic) bond motifs is 1. The minimum atomic E-state index is -0.0627. The SMILES string of the molecule is CCNC(=NCC1COc2ccccc2O1)NCCCOCC1CC1. The summed E-state index contributed by atoms with van der Waals surface area (Å²) in [7, 11) is 0. The highest BCUT2D eigenvalue weighted by atomic mass is 16.6. The molecule has 0 bridgehead atoms. The Kier molecular flexibility index (Phi) is 6.79. The highest BCUT2D eigenvalue weighted by Gasteiger charge is 2.21. The Morgan fingerprint density at radius 3 is 2.88 bits per heavy atom. The minimum Gasteiger partial charge on any atom is -0.486 e. The molecule has 3 rings (SSSR count). The summed E-state index contributed by atoms with van der Waals surface area (Å²) >= 11 is 0. The summed E-state index contributed by atoms with van der Waals surface area (Å²) in [6.07, 6.45) is 3.60. The van der Waals surface area contributed by atoms with Crippen LogP contribution in [0.3, 0.4) is 0 Å². The average Bonchev–Trinajstić information content (AvgIpc) is 3.46. The summed E-state index contributed by atoms with van der Waals surface area (Å²) in [5, 5.41) is 6.61. The molecule has 0 saturated heterocycles. The maximum Gasteiger partial charge on any atom is 0.191 e. The Balaban J connectivity index is 1.37. The van der Waals surface area contributed by atoms with Crippen LogP contribution < -0.4 is 20.1 Å². The molecule has 0 amide bonds. The molecular weight excluding hydrogens is 318 g/mol. The van der Waals surface area contributed by atoms with Gasteiger partial charge in [0.05, 0.1) is 6.54 Å². The second kappa shape index (κ2) is 9.51. The number of hydrogen-bond acceptors (Lipinski definition) is 4. The number of nitrogens with one attached hydrogen (secondary N) is 2. The minimum absolute atomic E-state index is 0.0627. The van der Waals surface area contributed by atoms with Crippen LogP contribution in [-0.2, 0) is 4.74 Å². The molecule has 6 heteroatoms. The van der Waals surface area contributed by atoms with Crippen LogP contribution in [-0.4, -0.2) is 51.5 Å². The van der Waals surface area contributed by atoms with Gasteiger partial charge in [0.15, 0.2) is 23.6 Å². The average molecular weight is 347 g/mol. The fourth-order valence-electron chi connectivity index (χ4n) is 2.60. The molecule has 1 saturated carbocycles. The molecule has 1 aromatic rings. The van der Waals surface area contributed by atoms with Crippen LogP contribution in [0.15, 0.2) is 29.3 Å². The van der Waals surface area contributed by atoms with E-state index in [4.69, 9.17) is 14.2 Å². The Labute approximate surface area is 149 Å². The van der Waals surface area contributed by atoms with Crippen molar-refractivity contribution in [3.05, 3.63) is 24.3 Å². The van der Waals surface area contributed by atoms with Gasteiger partial charge in [-0.15, -0.1) is 0 Å². The van der Waals surface area contributed by atoms with Gasteiger partial charge in [0.2, 0.25) is 0 Å². The predicted octanol–water partition coefficient (Wildman–Crippen LogP) is 2.20. The summed E-state index contributed by atoms with van der Waals surface area (Å²) in [4.78, 5) is 4.61. The van der Waals surface area contributed by atoms with Gasteiger partial charge in [0.1, 0.15) is 6.61 Å². The van der Waals surface area contributed by atoms with E-state index in [1.54, 1.807) is 0 Å². The topological polar surface area (TPSA) is 64.1 Å². The third kappa shape index (κ3) is 6.12. The number of guanidine groups is 1. The van der Waals surface area contributed by atoms with E-state index in [9.17, 15) is 0 Å². The lowest BCUT2D eigenvalue weighted by atomic mass is 10.2. The van der Waals surface area contributed by atoms with Crippen LogP contribution in [0.5, 0.6) is 11.5 Å². The van der Waals surface area contributed by atoms with E-state index in [0.29, 0.717) is 13.2 Å². The van der Waals surface area contributed by atoms with Crippen LogP contribution in [0.1, 0.15) is 26.2 Å². The van der Waals surface area contributed by atoms with Crippen molar-refractivity contribution >= 4 is 5.96 Å².